The summed E-state index contributed by atoms with van der Waals surface area (Å²) in [6.07, 6.45) is 2.10. The second-order valence-corrected chi connectivity index (χ2v) is 4.12. The molecule has 0 unspecified atom stereocenters. The van der Waals surface area contributed by atoms with Gasteiger partial charge in [-0.15, -0.1) is 0 Å². The maximum absolute atomic E-state index is 11.6. The standard InChI is InChI=1S/C15H18O6/c1-4-7-21-13-9-10(5-6-12(13)16)8-11(14(17)19-2)15(18)20-3/h5-6,8-9,16H,4,7H2,1-3H3. The number of aromatic hydroxyl groups is 1. The predicted molar refractivity (Wildman–Crippen MR) is 75.9 cm³/mol. The fourth-order valence-corrected chi connectivity index (χ4v) is 1.54. The summed E-state index contributed by atoms with van der Waals surface area (Å²) >= 11 is 0. The predicted octanol–water partition coefficient (Wildman–Crippen LogP) is 1.91. The molecule has 6 nitrogen and oxygen atoms in total. The lowest BCUT2D eigenvalue weighted by molar-refractivity contribution is -0.143. The summed E-state index contributed by atoms with van der Waals surface area (Å²) < 4.78 is 14.4. The van der Waals surface area contributed by atoms with Crippen LogP contribution >= 0.6 is 0 Å². The molecule has 1 N–H and O–H groups in total. The van der Waals surface area contributed by atoms with Gasteiger partial charge in [0.15, 0.2) is 11.5 Å². The molecule has 0 bridgehead atoms. The number of ether oxygens (including phenoxy) is 3. The summed E-state index contributed by atoms with van der Waals surface area (Å²) in [5.74, 6) is -1.34. The average molecular weight is 294 g/mol. The largest absolute Gasteiger partial charge is 0.504 e. The van der Waals surface area contributed by atoms with Crippen molar-refractivity contribution in [2.75, 3.05) is 20.8 Å². The quantitative estimate of drug-likeness (QED) is 0.373. The van der Waals surface area contributed by atoms with E-state index in [1.54, 1.807) is 6.07 Å². The van der Waals surface area contributed by atoms with Crippen molar-refractivity contribution in [3.8, 4) is 11.5 Å². The van der Waals surface area contributed by atoms with Crippen LogP contribution in [0.2, 0.25) is 0 Å². The van der Waals surface area contributed by atoms with Gasteiger partial charge in [-0.1, -0.05) is 13.0 Å². The Kier molecular flexibility index (Phi) is 6.26. The third-order valence-corrected chi connectivity index (χ3v) is 2.57. The van der Waals surface area contributed by atoms with Gasteiger partial charge in [0.25, 0.3) is 0 Å². The van der Waals surface area contributed by atoms with E-state index in [9.17, 15) is 14.7 Å². The molecule has 1 aromatic rings. The molecule has 0 fully saturated rings. The molecule has 0 aliphatic carbocycles. The number of hydrogen-bond acceptors (Lipinski definition) is 6. The molecule has 1 aromatic carbocycles. The molecule has 21 heavy (non-hydrogen) atoms. The minimum atomic E-state index is -0.800. The molecule has 0 aliphatic rings. The third-order valence-electron chi connectivity index (χ3n) is 2.57. The molecule has 0 spiro atoms. The summed E-state index contributed by atoms with van der Waals surface area (Å²) in [5, 5.41) is 9.68. The zero-order valence-corrected chi connectivity index (χ0v) is 12.2. The van der Waals surface area contributed by atoms with Gasteiger partial charge in [-0.05, 0) is 30.2 Å². The van der Waals surface area contributed by atoms with Crippen molar-refractivity contribution >= 4 is 18.0 Å². The Balaban J connectivity index is 3.15. The van der Waals surface area contributed by atoms with E-state index in [0.717, 1.165) is 6.42 Å². The van der Waals surface area contributed by atoms with Crippen molar-refractivity contribution in [3.05, 3.63) is 29.3 Å². The Labute approximate surface area is 122 Å². The smallest absolute Gasteiger partial charge is 0.345 e. The molecule has 0 aromatic heterocycles. The molecule has 0 radical (unpaired) electrons. The first-order chi connectivity index (χ1) is 10.0. The molecule has 1 rings (SSSR count). The van der Waals surface area contributed by atoms with Gasteiger partial charge >= 0.3 is 11.9 Å². The molecular weight excluding hydrogens is 276 g/mol. The first kappa shape index (κ1) is 16.6. The fraction of sp³-hybridized carbons (Fsp3) is 0.333. The van der Waals surface area contributed by atoms with Crippen LogP contribution in [0.5, 0.6) is 11.5 Å². The highest BCUT2D eigenvalue weighted by Gasteiger charge is 2.19. The van der Waals surface area contributed by atoms with Gasteiger partial charge in [0.05, 0.1) is 20.8 Å². The van der Waals surface area contributed by atoms with Crippen molar-refractivity contribution in [3.63, 3.8) is 0 Å². The lowest BCUT2D eigenvalue weighted by Gasteiger charge is -2.08. The van der Waals surface area contributed by atoms with E-state index in [-0.39, 0.29) is 17.1 Å². The topological polar surface area (TPSA) is 82.1 Å². The average Bonchev–Trinajstić information content (AvgIpc) is 2.51. The number of carbonyl (C=O) groups is 2. The number of methoxy groups -OCH3 is 2. The number of carbonyl (C=O) groups excluding carboxylic acids is 2. The van der Waals surface area contributed by atoms with Crippen LogP contribution < -0.4 is 4.74 Å². The molecule has 0 amide bonds. The van der Waals surface area contributed by atoms with E-state index in [2.05, 4.69) is 9.47 Å². The van der Waals surface area contributed by atoms with Gasteiger partial charge in [0.1, 0.15) is 5.57 Å². The van der Waals surface area contributed by atoms with E-state index in [4.69, 9.17) is 4.74 Å². The zero-order chi connectivity index (χ0) is 15.8. The van der Waals surface area contributed by atoms with Crippen LogP contribution in [0.25, 0.3) is 6.08 Å². The van der Waals surface area contributed by atoms with Gasteiger partial charge in [0.2, 0.25) is 0 Å². The summed E-state index contributed by atoms with van der Waals surface area (Å²) in [6.45, 7) is 2.38. The highest BCUT2D eigenvalue weighted by atomic mass is 16.5. The highest BCUT2D eigenvalue weighted by Crippen LogP contribution is 2.28. The lowest BCUT2D eigenvalue weighted by Crippen LogP contribution is -2.15. The molecule has 0 saturated carbocycles. The van der Waals surface area contributed by atoms with Crippen molar-refractivity contribution in [1.29, 1.82) is 0 Å². The van der Waals surface area contributed by atoms with Gasteiger partial charge in [-0.2, -0.15) is 0 Å². The zero-order valence-electron chi connectivity index (χ0n) is 12.2. The third kappa shape index (κ3) is 4.52. The summed E-state index contributed by atoms with van der Waals surface area (Å²) in [7, 11) is 2.34. The SMILES string of the molecule is CCCOc1cc(C=C(C(=O)OC)C(=O)OC)ccc1O. The number of rotatable bonds is 6. The van der Waals surface area contributed by atoms with Crippen LogP contribution in [0.1, 0.15) is 18.9 Å². The molecule has 0 aliphatic heterocycles. The summed E-state index contributed by atoms with van der Waals surface area (Å²) in [4.78, 5) is 23.1. The number of benzene rings is 1. The Morgan fingerprint density at radius 1 is 1.19 bits per heavy atom. The maximum Gasteiger partial charge on any atom is 0.345 e. The number of phenols is 1. The maximum atomic E-state index is 11.6. The van der Waals surface area contributed by atoms with E-state index in [0.29, 0.717) is 12.2 Å². The molecule has 114 valence electrons. The Hall–Kier alpha value is -2.50. The minimum absolute atomic E-state index is 0.0155. The highest BCUT2D eigenvalue weighted by molar-refractivity contribution is 6.17. The Morgan fingerprint density at radius 3 is 2.33 bits per heavy atom. The van der Waals surface area contributed by atoms with Crippen molar-refractivity contribution in [2.24, 2.45) is 0 Å². The molecule has 0 heterocycles. The first-order valence-corrected chi connectivity index (χ1v) is 6.37. The van der Waals surface area contributed by atoms with Crippen LogP contribution in [0, 0.1) is 0 Å². The van der Waals surface area contributed by atoms with Gasteiger partial charge < -0.3 is 19.3 Å². The van der Waals surface area contributed by atoms with Crippen molar-refractivity contribution in [2.45, 2.75) is 13.3 Å². The van der Waals surface area contributed by atoms with Gasteiger partial charge in [-0.3, -0.25) is 0 Å². The second kappa shape index (κ2) is 7.94. The van der Waals surface area contributed by atoms with Crippen LogP contribution in [-0.4, -0.2) is 37.9 Å². The molecule has 0 saturated heterocycles. The van der Waals surface area contributed by atoms with E-state index in [1.165, 1.54) is 32.4 Å². The molecule has 0 atom stereocenters. The number of phenolic OH excluding ortho intramolecular Hbond substituents is 1. The Morgan fingerprint density at radius 2 is 1.81 bits per heavy atom. The van der Waals surface area contributed by atoms with Crippen LogP contribution in [0.4, 0.5) is 0 Å². The van der Waals surface area contributed by atoms with Crippen LogP contribution in [0.15, 0.2) is 23.8 Å². The fourth-order valence-electron chi connectivity index (χ4n) is 1.54. The van der Waals surface area contributed by atoms with Crippen LogP contribution in [-0.2, 0) is 19.1 Å². The van der Waals surface area contributed by atoms with Crippen molar-refractivity contribution < 1.29 is 28.9 Å². The van der Waals surface area contributed by atoms with Gasteiger partial charge in [0, 0.05) is 0 Å². The van der Waals surface area contributed by atoms with Gasteiger partial charge in [-0.25, -0.2) is 9.59 Å². The monoisotopic (exact) mass is 294 g/mol. The first-order valence-electron chi connectivity index (χ1n) is 6.37. The van der Waals surface area contributed by atoms with Crippen molar-refractivity contribution in [1.82, 2.24) is 0 Å². The van der Waals surface area contributed by atoms with E-state index >= 15 is 0 Å². The second-order valence-electron chi connectivity index (χ2n) is 4.12. The van der Waals surface area contributed by atoms with E-state index in [1.807, 2.05) is 6.92 Å². The van der Waals surface area contributed by atoms with E-state index < -0.39 is 11.9 Å². The molecule has 6 heteroatoms. The normalized spacial score (nSPS) is 9.67. The summed E-state index contributed by atoms with van der Waals surface area (Å²) in [5.41, 5.74) is 0.261. The summed E-state index contributed by atoms with van der Waals surface area (Å²) in [6, 6.07) is 4.49. The minimum Gasteiger partial charge on any atom is -0.504 e. The molecular formula is C15H18O6. The number of hydrogen-bond donors (Lipinski definition) is 1. The Bertz CT molecular complexity index is 529. The number of esters is 2. The van der Waals surface area contributed by atoms with Crippen LogP contribution in [0.3, 0.4) is 0 Å². The lowest BCUT2D eigenvalue weighted by atomic mass is 10.1.